The van der Waals surface area contributed by atoms with Crippen molar-refractivity contribution in [1.82, 2.24) is 0 Å². The van der Waals surface area contributed by atoms with Crippen LogP contribution in [-0.4, -0.2) is 5.97 Å². The molecule has 0 aliphatic heterocycles. The minimum Gasteiger partial charge on any atom is -0.423 e. The van der Waals surface area contributed by atoms with Crippen LogP contribution in [0, 0.1) is 11.8 Å². The molecule has 0 aliphatic carbocycles. The van der Waals surface area contributed by atoms with Crippen molar-refractivity contribution in [2.45, 2.75) is 0 Å². The molecule has 0 amide bonds. The second kappa shape index (κ2) is 7.81. The van der Waals surface area contributed by atoms with Crippen LogP contribution in [0.2, 0.25) is 0 Å². The molecule has 25 heavy (non-hydrogen) atoms. The molecule has 0 fully saturated rings. The van der Waals surface area contributed by atoms with Gasteiger partial charge >= 0.3 is 5.97 Å². The zero-order valence-corrected chi connectivity index (χ0v) is 13.6. The van der Waals surface area contributed by atoms with E-state index < -0.39 is 0 Å². The number of rotatable bonds is 3. The second-order valence-corrected chi connectivity index (χ2v) is 5.36. The van der Waals surface area contributed by atoms with Gasteiger partial charge in [-0.15, -0.1) is 0 Å². The van der Waals surface area contributed by atoms with Crippen LogP contribution in [0.15, 0.2) is 85.4 Å². The highest BCUT2D eigenvalue weighted by atomic mass is 16.5. The van der Waals surface area contributed by atoms with Gasteiger partial charge in [0.25, 0.3) is 0 Å². The molecule has 0 saturated heterocycles. The minimum absolute atomic E-state index is 0.384. The van der Waals surface area contributed by atoms with Crippen molar-refractivity contribution in [3.63, 3.8) is 0 Å². The molecule has 0 aliphatic rings. The molecule has 0 bridgehead atoms. The van der Waals surface area contributed by atoms with Gasteiger partial charge in [0.05, 0.1) is 5.56 Å². The summed E-state index contributed by atoms with van der Waals surface area (Å²) in [5.74, 6) is 6.33. The SMILES string of the molecule is C=Cc1ccc(C#Cc2ccc(C(=O)Oc3ccccc3)cc2)cc1. The predicted octanol–water partition coefficient (Wildman–Crippen LogP) is 4.95. The first-order valence-corrected chi connectivity index (χ1v) is 7.86. The summed E-state index contributed by atoms with van der Waals surface area (Å²) in [6, 6.07) is 23.9. The average molecular weight is 324 g/mol. The summed E-state index contributed by atoms with van der Waals surface area (Å²) in [4.78, 5) is 12.1. The summed E-state index contributed by atoms with van der Waals surface area (Å²) in [6.45, 7) is 3.73. The van der Waals surface area contributed by atoms with Crippen molar-refractivity contribution in [2.75, 3.05) is 0 Å². The number of carbonyl (C=O) groups is 1. The van der Waals surface area contributed by atoms with Crippen LogP contribution in [0.4, 0.5) is 0 Å². The van der Waals surface area contributed by atoms with Crippen LogP contribution < -0.4 is 4.74 Å². The molecule has 0 heterocycles. The maximum atomic E-state index is 12.1. The monoisotopic (exact) mass is 324 g/mol. The highest BCUT2D eigenvalue weighted by molar-refractivity contribution is 5.91. The third-order valence-electron chi connectivity index (χ3n) is 3.57. The molecule has 0 atom stereocenters. The summed E-state index contributed by atoms with van der Waals surface area (Å²) in [7, 11) is 0. The Labute approximate surface area is 147 Å². The predicted molar refractivity (Wildman–Crippen MR) is 100 cm³/mol. The Morgan fingerprint density at radius 1 is 0.800 bits per heavy atom. The zero-order chi connectivity index (χ0) is 17.5. The van der Waals surface area contributed by atoms with E-state index in [4.69, 9.17) is 4.74 Å². The molecule has 0 saturated carbocycles. The first-order chi connectivity index (χ1) is 12.2. The van der Waals surface area contributed by atoms with Gasteiger partial charge in [0.1, 0.15) is 5.75 Å². The number of benzene rings is 3. The molecular formula is C23H16O2. The molecule has 120 valence electrons. The molecule has 0 radical (unpaired) electrons. The second-order valence-electron chi connectivity index (χ2n) is 5.36. The molecule has 0 N–H and O–H groups in total. The Morgan fingerprint density at radius 2 is 1.36 bits per heavy atom. The Balaban J connectivity index is 1.68. The van der Waals surface area contributed by atoms with E-state index in [1.807, 2.05) is 54.6 Å². The summed E-state index contributed by atoms with van der Waals surface area (Å²) >= 11 is 0. The van der Waals surface area contributed by atoms with Gasteiger partial charge in [0.15, 0.2) is 0 Å². The van der Waals surface area contributed by atoms with Crippen molar-refractivity contribution in [1.29, 1.82) is 0 Å². The smallest absolute Gasteiger partial charge is 0.343 e. The van der Waals surface area contributed by atoms with Crippen molar-refractivity contribution in [2.24, 2.45) is 0 Å². The Kier molecular flexibility index (Phi) is 5.09. The number of hydrogen-bond acceptors (Lipinski definition) is 2. The van der Waals surface area contributed by atoms with Gasteiger partial charge in [-0.25, -0.2) is 4.79 Å². The van der Waals surface area contributed by atoms with Gasteiger partial charge in [-0.1, -0.05) is 54.8 Å². The van der Waals surface area contributed by atoms with E-state index in [1.54, 1.807) is 30.3 Å². The highest BCUT2D eigenvalue weighted by Crippen LogP contribution is 2.12. The van der Waals surface area contributed by atoms with Gasteiger partial charge < -0.3 is 4.74 Å². The zero-order valence-electron chi connectivity index (χ0n) is 13.6. The summed E-state index contributed by atoms with van der Waals surface area (Å²) in [6.07, 6.45) is 1.80. The van der Waals surface area contributed by atoms with Crippen LogP contribution in [0.25, 0.3) is 6.08 Å². The van der Waals surface area contributed by atoms with E-state index in [-0.39, 0.29) is 5.97 Å². The molecular weight excluding hydrogens is 308 g/mol. The van der Waals surface area contributed by atoms with Crippen molar-refractivity contribution < 1.29 is 9.53 Å². The lowest BCUT2D eigenvalue weighted by Crippen LogP contribution is -2.08. The van der Waals surface area contributed by atoms with Gasteiger partial charge in [-0.05, 0) is 54.1 Å². The minimum atomic E-state index is -0.384. The Bertz CT molecular complexity index is 925. The maximum Gasteiger partial charge on any atom is 0.343 e. The molecule has 3 aromatic carbocycles. The molecule has 3 aromatic rings. The van der Waals surface area contributed by atoms with Crippen LogP contribution >= 0.6 is 0 Å². The van der Waals surface area contributed by atoms with Crippen LogP contribution in [0.5, 0.6) is 5.75 Å². The topological polar surface area (TPSA) is 26.3 Å². The quantitative estimate of drug-likeness (QED) is 0.387. The Morgan fingerprint density at radius 3 is 1.92 bits per heavy atom. The van der Waals surface area contributed by atoms with E-state index in [9.17, 15) is 4.79 Å². The number of carbonyl (C=O) groups excluding carboxylic acids is 1. The first kappa shape index (κ1) is 16.3. The standard InChI is InChI=1S/C23H16O2/c1-2-18-8-10-19(11-9-18)12-13-20-14-16-21(17-15-20)23(24)25-22-6-4-3-5-7-22/h2-11,14-17H,1H2. The summed E-state index contributed by atoms with van der Waals surface area (Å²) in [5.41, 5.74) is 3.32. The lowest BCUT2D eigenvalue weighted by atomic mass is 10.1. The maximum absolute atomic E-state index is 12.1. The Hall–Kier alpha value is -3.57. The number of esters is 1. The van der Waals surface area contributed by atoms with Crippen molar-refractivity contribution >= 4 is 12.0 Å². The lowest BCUT2D eigenvalue weighted by molar-refractivity contribution is 0.0735. The van der Waals surface area contributed by atoms with Crippen molar-refractivity contribution in [3.8, 4) is 17.6 Å². The third-order valence-corrected chi connectivity index (χ3v) is 3.57. The van der Waals surface area contributed by atoms with Gasteiger partial charge in [0.2, 0.25) is 0 Å². The largest absolute Gasteiger partial charge is 0.423 e. The highest BCUT2D eigenvalue weighted by Gasteiger charge is 2.07. The third kappa shape index (κ3) is 4.46. The van der Waals surface area contributed by atoms with E-state index in [2.05, 4.69) is 18.4 Å². The van der Waals surface area contributed by atoms with Gasteiger partial charge in [0, 0.05) is 11.1 Å². The van der Waals surface area contributed by atoms with E-state index in [0.717, 1.165) is 16.7 Å². The fourth-order valence-electron chi connectivity index (χ4n) is 2.19. The molecule has 2 heteroatoms. The molecule has 0 spiro atoms. The van der Waals surface area contributed by atoms with E-state index in [0.29, 0.717) is 11.3 Å². The number of para-hydroxylation sites is 1. The average Bonchev–Trinajstić information content (AvgIpc) is 2.68. The normalized spacial score (nSPS) is 9.60. The molecule has 3 rings (SSSR count). The van der Waals surface area contributed by atoms with E-state index in [1.165, 1.54) is 0 Å². The van der Waals surface area contributed by atoms with Gasteiger partial charge in [-0.3, -0.25) is 0 Å². The first-order valence-electron chi connectivity index (χ1n) is 7.86. The summed E-state index contributed by atoms with van der Waals surface area (Å²) < 4.78 is 5.31. The number of ether oxygens (including phenoxy) is 1. The fraction of sp³-hybridized carbons (Fsp3) is 0. The van der Waals surface area contributed by atoms with Crippen LogP contribution in [0.1, 0.15) is 27.0 Å². The van der Waals surface area contributed by atoms with Crippen LogP contribution in [0.3, 0.4) is 0 Å². The number of hydrogen-bond donors (Lipinski definition) is 0. The van der Waals surface area contributed by atoms with Crippen LogP contribution in [-0.2, 0) is 0 Å². The van der Waals surface area contributed by atoms with Gasteiger partial charge in [-0.2, -0.15) is 0 Å². The molecule has 0 unspecified atom stereocenters. The lowest BCUT2D eigenvalue weighted by Gasteiger charge is -2.03. The fourth-order valence-corrected chi connectivity index (χ4v) is 2.19. The molecule has 0 aromatic heterocycles. The van der Waals surface area contributed by atoms with Crippen molar-refractivity contribution in [3.05, 3.63) is 108 Å². The van der Waals surface area contributed by atoms with E-state index >= 15 is 0 Å². The summed E-state index contributed by atoms with van der Waals surface area (Å²) in [5, 5.41) is 0. The molecule has 2 nitrogen and oxygen atoms in total.